The lowest BCUT2D eigenvalue weighted by Crippen LogP contribution is -2.35. The number of aromatic nitrogens is 1. The quantitative estimate of drug-likeness (QED) is 0.868. The fraction of sp³-hybridized carbons (Fsp3) is 0.200. The van der Waals surface area contributed by atoms with Gasteiger partial charge in [0.05, 0.1) is 6.20 Å². The van der Waals surface area contributed by atoms with E-state index in [0.717, 1.165) is 28.3 Å². The van der Waals surface area contributed by atoms with Gasteiger partial charge < -0.3 is 5.11 Å². The number of aliphatic carboxylic acids is 1. The Bertz CT molecular complexity index is 824. The fourth-order valence-electron chi connectivity index (χ4n) is 2.07. The van der Waals surface area contributed by atoms with E-state index < -0.39 is 28.4 Å². The largest absolute Gasteiger partial charge is 0.480 e. The summed E-state index contributed by atoms with van der Waals surface area (Å²) in [7, 11) is -4.18. The Labute approximate surface area is 133 Å². The van der Waals surface area contributed by atoms with Crippen molar-refractivity contribution in [3.8, 4) is 0 Å². The zero-order valence-electron chi connectivity index (χ0n) is 12.3. The van der Waals surface area contributed by atoms with E-state index in [1.165, 1.54) is 0 Å². The summed E-state index contributed by atoms with van der Waals surface area (Å²) in [4.78, 5) is 14.1. The first-order valence-electron chi connectivity index (χ1n) is 6.67. The van der Waals surface area contributed by atoms with Crippen LogP contribution in [0.1, 0.15) is 11.1 Å². The van der Waals surface area contributed by atoms with Crippen molar-refractivity contribution in [1.82, 2.24) is 9.29 Å². The molecule has 0 aliphatic rings. The molecule has 1 aromatic heterocycles. The van der Waals surface area contributed by atoms with Gasteiger partial charge in [0.1, 0.15) is 17.3 Å². The van der Waals surface area contributed by atoms with Crippen molar-refractivity contribution in [2.75, 3.05) is 6.54 Å². The maximum Gasteiger partial charge on any atom is 0.318 e. The first-order valence-corrected chi connectivity index (χ1v) is 8.11. The number of halogens is 1. The molecule has 1 heterocycles. The number of hydrogen-bond donors (Lipinski definition) is 1. The maximum atomic E-state index is 13.2. The molecule has 6 nitrogen and oxygen atoms in total. The van der Waals surface area contributed by atoms with Gasteiger partial charge in [-0.3, -0.25) is 9.78 Å². The van der Waals surface area contributed by atoms with E-state index >= 15 is 0 Å². The van der Waals surface area contributed by atoms with Gasteiger partial charge in [-0.05, 0) is 18.6 Å². The molecular formula is C15H15FN2O4S. The first kappa shape index (κ1) is 17.0. The normalized spacial score (nSPS) is 11.6. The molecule has 0 atom stereocenters. The molecule has 8 heteroatoms. The average Bonchev–Trinajstić information content (AvgIpc) is 2.46. The van der Waals surface area contributed by atoms with Crippen LogP contribution in [0.2, 0.25) is 0 Å². The minimum atomic E-state index is -4.18. The Morgan fingerprint density at radius 2 is 2.04 bits per heavy atom. The number of carboxylic acids is 1. The molecule has 0 aliphatic carbocycles. The molecule has 0 aliphatic heterocycles. The van der Waals surface area contributed by atoms with Crippen molar-refractivity contribution >= 4 is 16.0 Å². The molecule has 122 valence electrons. The molecule has 1 N–H and O–H groups in total. The van der Waals surface area contributed by atoms with Crippen LogP contribution in [0.5, 0.6) is 0 Å². The Balaban J connectivity index is 2.39. The van der Waals surface area contributed by atoms with Gasteiger partial charge in [-0.25, -0.2) is 12.8 Å². The van der Waals surface area contributed by atoms with Crippen LogP contribution >= 0.6 is 0 Å². The monoisotopic (exact) mass is 338 g/mol. The van der Waals surface area contributed by atoms with Gasteiger partial charge in [-0.15, -0.1) is 0 Å². The molecule has 1 aromatic carbocycles. The number of sulfonamides is 1. The maximum absolute atomic E-state index is 13.2. The minimum absolute atomic E-state index is 0.132. The second kappa shape index (κ2) is 6.84. The van der Waals surface area contributed by atoms with Gasteiger partial charge in [0.2, 0.25) is 10.0 Å². The fourth-order valence-corrected chi connectivity index (χ4v) is 3.43. The summed E-state index contributed by atoms with van der Waals surface area (Å²) in [5.41, 5.74) is 1.56. The number of hydrogen-bond acceptors (Lipinski definition) is 4. The van der Waals surface area contributed by atoms with E-state index in [9.17, 15) is 17.6 Å². The first-order chi connectivity index (χ1) is 10.8. The number of carboxylic acid groups (broad SMARTS) is 1. The number of pyridine rings is 1. The second-order valence-corrected chi connectivity index (χ2v) is 6.93. The van der Waals surface area contributed by atoms with Gasteiger partial charge in [-0.1, -0.05) is 29.8 Å². The van der Waals surface area contributed by atoms with Crippen LogP contribution < -0.4 is 0 Å². The van der Waals surface area contributed by atoms with Crippen LogP contribution in [0.3, 0.4) is 0 Å². The highest BCUT2D eigenvalue weighted by Gasteiger charge is 2.27. The van der Waals surface area contributed by atoms with Gasteiger partial charge in [0.15, 0.2) is 0 Å². The molecule has 0 amide bonds. The van der Waals surface area contributed by atoms with Crippen molar-refractivity contribution in [2.45, 2.75) is 18.4 Å². The molecule has 0 saturated heterocycles. The number of carbonyl (C=O) groups is 1. The molecule has 2 rings (SSSR count). The van der Waals surface area contributed by atoms with Gasteiger partial charge in [0, 0.05) is 12.7 Å². The van der Waals surface area contributed by atoms with Crippen molar-refractivity contribution in [3.05, 3.63) is 59.7 Å². The average molecular weight is 338 g/mol. The predicted molar refractivity (Wildman–Crippen MR) is 80.6 cm³/mol. The topological polar surface area (TPSA) is 87.6 Å². The summed E-state index contributed by atoms with van der Waals surface area (Å²) in [5.74, 6) is -2.11. The third-order valence-corrected chi connectivity index (χ3v) is 4.83. The standard InChI is InChI=1S/C15H15FN2O4S/c1-11-3-2-4-12(5-11)9-18(10-15(19)20)23(21,22)14-6-13(16)7-17-8-14/h2-8H,9-10H2,1H3,(H,19,20). The highest BCUT2D eigenvalue weighted by Crippen LogP contribution is 2.18. The Hall–Kier alpha value is -2.32. The molecule has 0 bridgehead atoms. The van der Waals surface area contributed by atoms with Crippen molar-refractivity contribution < 1.29 is 22.7 Å². The zero-order chi connectivity index (χ0) is 17.0. The number of rotatable bonds is 6. The summed E-state index contributed by atoms with van der Waals surface area (Å²) in [6.45, 7) is 0.982. The van der Waals surface area contributed by atoms with Crippen LogP contribution in [-0.2, 0) is 21.4 Å². The molecule has 0 fully saturated rings. The Morgan fingerprint density at radius 1 is 1.30 bits per heavy atom. The number of aryl methyl sites for hydroxylation is 1. The summed E-state index contributed by atoms with van der Waals surface area (Å²) in [5, 5.41) is 8.99. The van der Waals surface area contributed by atoms with Crippen LogP contribution in [0.4, 0.5) is 4.39 Å². The molecule has 0 spiro atoms. The Morgan fingerprint density at radius 3 is 2.65 bits per heavy atom. The summed E-state index contributed by atoms with van der Waals surface area (Å²) in [6, 6.07) is 7.86. The minimum Gasteiger partial charge on any atom is -0.480 e. The van der Waals surface area contributed by atoms with Crippen LogP contribution in [-0.4, -0.2) is 35.3 Å². The zero-order valence-corrected chi connectivity index (χ0v) is 13.1. The number of nitrogens with zero attached hydrogens (tertiary/aromatic N) is 2. The van der Waals surface area contributed by atoms with E-state index in [2.05, 4.69) is 4.98 Å². The molecule has 0 unspecified atom stereocenters. The summed E-state index contributed by atoms with van der Waals surface area (Å²) in [6.07, 6.45) is 1.87. The third kappa shape index (κ3) is 4.33. The lowest BCUT2D eigenvalue weighted by molar-refractivity contribution is -0.137. The van der Waals surface area contributed by atoms with E-state index in [0.29, 0.717) is 5.56 Å². The summed E-state index contributed by atoms with van der Waals surface area (Å²) >= 11 is 0. The molecule has 0 saturated carbocycles. The molecular weight excluding hydrogens is 323 g/mol. The van der Waals surface area contributed by atoms with E-state index in [4.69, 9.17) is 5.11 Å². The predicted octanol–water partition coefficient (Wildman–Crippen LogP) is 1.80. The van der Waals surface area contributed by atoms with Gasteiger partial charge >= 0.3 is 5.97 Å². The smallest absolute Gasteiger partial charge is 0.318 e. The Kier molecular flexibility index (Phi) is 5.07. The van der Waals surface area contributed by atoms with E-state index in [-0.39, 0.29) is 11.4 Å². The van der Waals surface area contributed by atoms with Crippen LogP contribution in [0.25, 0.3) is 0 Å². The van der Waals surface area contributed by atoms with Crippen molar-refractivity contribution in [1.29, 1.82) is 0 Å². The highest BCUT2D eigenvalue weighted by atomic mass is 32.2. The van der Waals surface area contributed by atoms with Crippen molar-refractivity contribution in [3.63, 3.8) is 0 Å². The van der Waals surface area contributed by atoms with Crippen LogP contribution in [0, 0.1) is 12.7 Å². The lowest BCUT2D eigenvalue weighted by Gasteiger charge is -2.20. The third-order valence-electron chi connectivity index (χ3n) is 3.07. The van der Waals surface area contributed by atoms with E-state index in [1.54, 1.807) is 18.2 Å². The molecule has 2 aromatic rings. The molecule has 23 heavy (non-hydrogen) atoms. The number of benzene rings is 1. The van der Waals surface area contributed by atoms with Gasteiger partial charge in [0.25, 0.3) is 0 Å². The van der Waals surface area contributed by atoms with Crippen molar-refractivity contribution in [2.24, 2.45) is 0 Å². The summed E-state index contributed by atoms with van der Waals surface area (Å²) < 4.78 is 39.2. The molecule has 0 radical (unpaired) electrons. The van der Waals surface area contributed by atoms with E-state index in [1.807, 2.05) is 13.0 Å². The lowest BCUT2D eigenvalue weighted by atomic mass is 10.1. The van der Waals surface area contributed by atoms with Gasteiger partial charge in [-0.2, -0.15) is 4.31 Å². The second-order valence-electron chi connectivity index (χ2n) is 4.99. The SMILES string of the molecule is Cc1cccc(CN(CC(=O)O)S(=O)(=O)c2cncc(F)c2)c1. The van der Waals surface area contributed by atoms with Crippen LogP contribution in [0.15, 0.2) is 47.6 Å². The highest BCUT2D eigenvalue weighted by molar-refractivity contribution is 7.89.